The van der Waals surface area contributed by atoms with E-state index >= 15 is 0 Å². The van der Waals surface area contributed by atoms with Gasteiger partial charge in [0.1, 0.15) is 0 Å². The van der Waals surface area contributed by atoms with E-state index < -0.39 is 0 Å². The molecule has 8 heteroatoms. The van der Waals surface area contributed by atoms with Gasteiger partial charge in [-0.05, 0) is 36.7 Å². The summed E-state index contributed by atoms with van der Waals surface area (Å²) < 4.78 is 1.66. The lowest BCUT2D eigenvalue weighted by atomic mass is 10.3. The second kappa shape index (κ2) is 4.77. The molecule has 1 saturated carbocycles. The second-order valence-corrected chi connectivity index (χ2v) is 6.14. The monoisotopic (exact) mass is 316 g/mol. The number of nitrogen functional groups attached to an aromatic ring is 1. The number of nitrogens with zero attached hydrogens (tertiary/aromatic N) is 2. The Morgan fingerprint density at radius 1 is 1.37 bits per heavy atom. The number of hydrogen-bond donors (Lipinski definition) is 2. The molecule has 0 aliphatic heterocycles. The Kier molecular flexibility index (Phi) is 3.24. The zero-order valence-corrected chi connectivity index (χ0v) is 12.0. The molecular weight excluding hydrogens is 307 g/mol. The van der Waals surface area contributed by atoms with E-state index in [1.807, 2.05) is 0 Å². The molecule has 1 aliphatic rings. The number of aromatic amines is 1. The van der Waals surface area contributed by atoms with Crippen LogP contribution < -0.4 is 11.4 Å². The van der Waals surface area contributed by atoms with Crippen molar-refractivity contribution in [3.8, 4) is 0 Å². The van der Waals surface area contributed by atoms with Gasteiger partial charge in [-0.3, -0.25) is 4.57 Å². The van der Waals surface area contributed by atoms with Crippen molar-refractivity contribution in [3.05, 3.63) is 32.7 Å². The maximum absolute atomic E-state index is 11.7. The first-order valence-electron chi connectivity index (χ1n) is 5.65. The summed E-state index contributed by atoms with van der Waals surface area (Å²) in [5.74, 6) is 0. The van der Waals surface area contributed by atoms with Gasteiger partial charge in [-0.25, -0.2) is 9.89 Å². The third-order valence-electron chi connectivity index (χ3n) is 2.84. The van der Waals surface area contributed by atoms with E-state index in [1.165, 1.54) is 11.8 Å². The van der Waals surface area contributed by atoms with E-state index in [2.05, 4.69) is 10.2 Å². The van der Waals surface area contributed by atoms with E-state index in [0.717, 1.165) is 17.7 Å². The van der Waals surface area contributed by atoms with Crippen LogP contribution in [0, 0.1) is 0 Å². The predicted octanol–water partition coefficient (Wildman–Crippen LogP) is 2.95. The zero-order valence-electron chi connectivity index (χ0n) is 9.69. The van der Waals surface area contributed by atoms with Crippen molar-refractivity contribution in [2.75, 3.05) is 5.73 Å². The predicted molar refractivity (Wildman–Crippen MR) is 76.1 cm³/mol. The van der Waals surface area contributed by atoms with Gasteiger partial charge in [-0.15, -0.1) is 5.10 Å². The van der Waals surface area contributed by atoms with E-state index in [4.69, 9.17) is 28.9 Å². The molecule has 3 N–H and O–H groups in total. The average Bonchev–Trinajstić information content (AvgIpc) is 3.12. The van der Waals surface area contributed by atoms with Crippen LogP contribution in [0.3, 0.4) is 0 Å². The van der Waals surface area contributed by atoms with Gasteiger partial charge in [0.05, 0.1) is 10.0 Å². The summed E-state index contributed by atoms with van der Waals surface area (Å²) in [5, 5.41) is 7.91. The van der Waals surface area contributed by atoms with E-state index in [0.29, 0.717) is 20.9 Å². The van der Waals surface area contributed by atoms with E-state index in [1.54, 1.807) is 16.7 Å². The number of anilines is 1. The van der Waals surface area contributed by atoms with Crippen LogP contribution in [-0.2, 0) is 0 Å². The largest absolute Gasteiger partial charge is 0.398 e. The molecule has 0 unspecified atom stereocenters. The highest BCUT2D eigenvalue weighted by atomic mass is 35.5. The van der Waals surface area contributed by atoms with Crippen molar-refractivity contribution in [1.29, 1.82) is 0 Å². The molecule has 1 aromatic heterocycles. The van der Waals surface area contributed by atoms with E-state index in [-0.39, 0.29) is 11.7 Å². The normalized spacial score (nSPS) is 14.8. The Morgan fingerprint density at radius 3 is 2.74 bits per heavy atom. The molecule has 100 valence electrons. The molecule has 0 amide bonds. The highest BCUT2D eigenvalue weighted by Gasteiger charge is 2.29. The van der Waals surface area contributed by atoms with Gasteiger partial charge >= 0.3 is 5.69 Å². The van der Waals surface area contributed by atoms with E-state index in [9.17, 15) is 4.79 Å². The second-order valence-electron chi connectivity index (χ2n) is 4.32. The third kappa shape index (κ3) is 2.48. The third-order valence-corrected chi connectivity index (χ3v) is 4.60. The van der Waals surface area contributed by atoms with Crippen LogP contribution in [0.2, 0.25) is 10.0 Å². The van der Waals surface area contributed by atoms with Crippen LogP contribution >= 0.6 is 35.0 Å². The van der Waals surface area contributed by atoms with Crippen molar-refractivity contribution in [1.82, 2.24) is 14.8 Å². The fourth-order valence-electron chi connectivity index (χ4n) is 1.75. The van der Waals surface area contributed by atoms with Gasteiger partial charge in [0.25, 0.3) is 0 Å². The molecule has 0 radical (unpaired) electrons. The molecule has 1 fully saturated rings. The van der Waals surface area contributed by atoms with Crippen LogP contribution in [0.4, 0.5) is 5.69 Å². The van der Waals surface area contributed by atoms with Crippen molar-refractivity contribution < 1.29 is 0 Å². The number of nitrogens with one attached hydrogen (secondary N) is 1. The van der Waals surface area contributed by atoms with Gasteiger partial charge in [0, 0.05) is 16.6 Å². The van der Waals surface area contributed by atoms with Crippen LogP contribution in [0.25, 0.3) is 0 Å². The Labute approximate surface area is 123 Å². The standard InChI is InChI=1S/C11H10Cl2N4OS/c12-6-3-8(14)9(4-7(6)13)19-11-16-15-10(18)17(11)5-1-2-5/h3-5H,1-2,14H2,(H,15,18). The van der Waals surface area contributed by atoms with Crippen LogP contribution in [0.15, 0.2) is 27.0 Å². The Balaban J connectivity index is 1.98. The first-order valence-corrected chi connectivity index (χ1v) is 7.23. The minimum absolute atomic E-state index is 0.191. The summed E-state index contributed by atoms with van der Waals surface area (Å²) in [4.78, 5) is 12.4. The molecule has 19 heavy (non-hydrogen) atoms. The lowest BCUT2D eigenvalue weighted by Crippen LogP contribution is -2.16. The number of halogens is 2. The molecule has 0 atom stereocenters. The summed E-state index contributed by atoms with van der Waals surface area (Å²) in [6, 6.07) is 3.52. The summed E-state index contributed by atoms with van der Waals surface area (Å²) in [7, 11) is 0. The van der Waals surface area contributed by atoms with Gasteiger partial charge < -0.3 is 5.73 Å². The number of nitrogens with two attached hydrogens (primary N) is 1. The Morgan fingerprint density at radius 2 is 2.05 bits per heavy atom. The molecule has 0 bridgehead atoms. The zero-order chi connectivity index (χ0) is 13.6. The Bertz CT molecular complexity index is 692. The maximum Gasteiger partial charge on any atom is 0.344 e. The van der Waals surface area contributed by atoms with Gasteiger partial charge in [-0.1, -0.05) is 23.2 Å². The smallest absolute Gasteiger partial charge is 0.344 e. The highest BCUT2D eigenvalue weighted by Crippen LogP contribution is 2.40. The topological polar surface area (TPSA) is 76.7 Å². The molecule has 0 saturated heterocycles. The molecule has 1 aromatic carbocycles. The summed E-state index contributed by atoms with van der Waals surface area (Å²) in [6.45, 7) is 0. The minimum atomic E-state index is -0.191. The van der Waals surface area contributed by atoms with Crippen molar-refractivity contribution in [3.63, 3.8) is 0 Å². The lowest BCUT2D eigenvalue weighted by Gasteiger charge is -2.07. The summed E-state index contributed by atoms with van der Waals surface area (Å²) in [6.07, 6.45) is 2.01. The molecule has 1 heterocycles. The molecule has 5 nitrogen and oxygen atoms in total. The molecule has 1 aliphatic carbocycles. The Hall–Kier alpha value is -1.11. The van der Waals surface area contributed by atoms with Crippen LogP contribution in [0.1, 0.15) is 18.9 Å². The number of benzene rings is 1. The summed E-state index contributed by atoms with van der Waals surface area (Å²) in [5.41, 5.74) is 6.22. The van der Waals surface area contributed by atoms with Crippen LogP contribution in [0.5, 0.6) is 0 Å². The maximum atomic E-state index is 11.7. The first kappa shape index (κ1) is 12.9. The quantitative estimate of drug-likeness (QED) is 0.853. The summed E-state index contributed by atoms with van der Waals surface area (Å²) >= 11 is 13.2. The average molecular weight is 317 g/mol. The van der Waals surface area contributed by atoms with Crippen LogP contribution in [-0.4, -0.2) is 14.8 Å². The molecule has 3 rings (SSSR count). The fourth-order valence-corrected chi connectivity index (χ4v) is 3.12. The SMILES string of the molecule is Nc1cc(Cl)c(Cl)cc1Sc1n[nH]c(=O)n1C1CC1. The highest BCUT2D eigenvalue weighted by molar-refractivity contribution is 7.99. The minimum Gasteiger partial charge on any atom is -0.398 e. The van der Waals surface area contributed by atoms with Gasteiger partial charge in [0.15, 0.2) is 5.16 Å². The molecular formula is C11H10Cl2N4OS. The number of aromatic nitrogens is 3. The first-order chi connectivity index (χ1) is 9.06. The van der Waals surface area contributed by atoms with Gasteiger partial charge in [-0.2, -0.15) is 0 Å². The van der Waals surface area contributed by atoms with Crippen molar-refractivity contribution in [2.45, 2.75) is 28.9 Å². The molecule has 2 aromatic rings. The number of rotatable bonds is 3. The number of hydrogen-bond acceptors (Lipinski definition) is 4. The molecule has 0 spiro atoms. The number of H-pyrrole nitrogens is 1. The lowest BCUT2D eigenvalue weighted by molar-refractivity contribution is 0.642. The van der Waals surface area contributed by atoms with Crippen molar-refractivity contribution in [2.24, 2.45) is 0 Å². The van der Waals surface area contributed by atoms with Crippen molar-refractivity contribution >= 4 is 40.7 Å². The fraction of sp³-hybridized carbons (Fsp3) is 0.273. The van der Waals surface area contributed by atoms with Gasteiger partial charge in [0.2, 0.25) is 0 Å².